The Labute approximate surface area is 247 Å². The fourth-order valence-corrected chi connectivity index (χ4v) is 4.52. The van der Waals surface area contributed by atoms with Gasteiger partial charge in [0.1, 0.15) is 5.75 Å². The number of hydrogen-bond acceptors (Lipinski definition) is 9. The zero-order valence-corrected chi connectivity index (χ0v) is 24.7. The zero-order valence-electron chi connectivity index (χ0n) is 24.7. The van der Waals surface area contributed by atoms with Crippen molar-refractivity contribution in [3.63, 3.8) is 0 Å². The number of carboxylic acid groups (broad SMARTS) is 1. The maximum atomic E-state index is 13.8. The molecule has 0 fully saturated rings. The number of ether oxygens (including phenoxy) is 3. The first-order chi connectivity index (χ1) is 20.5. The second-order valence-corrected chi connectivity index (χ2v) is 10.0. The smallest absolute Gasteiger partial charge is 0.344 e. The molecule has 0 aliphatic carbocycles. The molecule has 0 aliphatic rings. The molecule has 224 valence electrons. The first-order valence-corrected chi connectivity index (χ1v) is 13.6. The molecular weight excluding hydrogens is 556 g/mol. The van der Waals surface area contributed by atoms with Crippen molar-refractivity contribution >= 4 is 28.8 Å². The van der Waals surface area contributed by atoms with Crippen molar-refractivity contribution in [3.05, 3.63) is 85.7 Å². The first kappa shape index (κ1) is 30.7. The third kappa shape index (κ3) is 6.32. The number of methoxy groups -OCH3 is 1. The number of aliphatic carboxylic acids is 1. The van der Waals surface area contributed by atoms with Crippen LogP contribution >= 0.6 is 0 Å². The summed E-state index contributed by atoms with van der Waals surface area (Å²) in [4.78, 5) is 41.2. The van der Waals surface area contributed by atoms with Crippen LogP contribution in [0.4, 0.5) is 5.69 Å². The van der Waals surface area contributed by atoms with Crippen LogP contribution in [-0.4, -0.2) is 51.7 Å². The van der Waals surface area contributed by atoms with E-state index >= 15 is 0 Å². The number of nitro benzene ring substituents is 1. The standard InChI is InChI=1S/C31H32N4O8/c1-7-42-27-14-20(13-25(35(39)40)28(27)43-19(5)31(37)38)16-32-34-29(33-24-11-9-8-10-21(24)30(34)36)23-15-22(17(2)3)26(41-6)12-18(23)4/h8-17,19H,7H2,1-6H3,(H,37,38)/t19-/m1/s1. The van der Waals surface area contributed by atoms with Crippen LogP contribution in [0.3, 0.4) is 0 Å². The average molecular weight is 589 g/mol. The van der Waals surface area contributed by atoms with Gasteiger partial charge in [-0.2, -0.15) is 9.78 Å². The normalized spacial score (nSPS) is 12.1. The second-order valence-electron chi connectivity index (χ2n) is 10.0. The molecule has 43 heavy (non-hydrogen) atoms. The van der Waals surface area contributed by atoms with Gasteiger partial charge in [-0.05, 0) is 68.1 Å². The Bertz CT molecular complexity index is 1800. The van der Waals surface area contributed by atoms with Crippen LogP contribution in [-0.2, 0) is 4.79 Å². The summed E-state index contributed by atoms with van der Waals surface area (Å²) in [5, 5.41) is 26.0. The summed E-state index contributed by atoms with van der Waals surface area (Å²) in [6.45, 7) is 9.00. The summed E-state index contributed by atoms with van der Waals surface area (Å²) < 4.78 is 17.7. The quantitative estimate of drug-likeness (QED) is 0.135. The number of para-hydroxylation sites is 1. The van der Waals surface area contributed by atoms with E-state index in [1.165, 1.54) is 25.3 Å². The minimum atomic E-state index is -1.37. The SMILES string of the molecule is CCOc1cc(C=Nn2c(-c3cc(C(C)C)c(OC)cc3C)nc3ccccc3c2=O)cc([N+](=O)[O-])c1O[C@H](C)C(=O)O. The van der Waals surface area contributed by atoms with Crippen LogP contribution in [0.15, 0.2) is 58.4 Å². The van der Waals surface area contributed by atoms with Gasteiger partial charge in [0.05, 0.1) is 35.8 Å². The monoisotopic (exact) mass is 588 g/mol. The molecular formula is C31H32N4O8. The fourth-order valence-electron chi connectivity index (χ4n) is 4.52. The van der Waals surface area contributed by atoms with Gasteiger partial charge in [0.15, 0.2) is 17.7 Å². The molecule has 0 radical (unpaired) electrons. The van der Waals surface area contributed by atoms with E-state index in [1.54, 1.807) is 38.3 Å². The van der Waals surface area contributed by atoms with Gasteiger partial charge >= 0.3 is 11.7 Å². The highest BCUT2D eigenvalue weighted by Crippen LogP contribution is 2.39. The van der Waals surface area contributed by atoms with E-state index in [4.69, 9.17) is 19.2 Å². The van der Waals surface area contributed by atoms with Gasteiger partial charge in [-0.25, -0.2) is 9.78 Å². The lowest BCUT2D eigenvalue weighted by Gasteiger charge is -2.17. The van der Waals surface area contributed by atoms with Gasteiger partial charge in [0.25, 0.3) is 5.56 Å². The Morgan fingerprint density at radius 2 is 1.88 bits per heavy atom. The van der Waals surface area contributed by atoms with Crippen LogP contribution in [0.5, 0.6) is 17.2 Å². The molecule has 4 aromatic rings. The summed E-state index contributed by atoms with van der Waals surface area (Å²) in [7, 11) is 1.60. The Balaban J connectivity index is 1.95. The Kier molecular flexibility index (Phi) is 9.08. The number of aromatic nitrogens is 2. The van der Waals surface area contributed by atoms with E-state index in [2.05, 4.69) is 5.10 Å². The predicted octanol–water partition coefficient (Wildman–Crippen LogP) is 5.54. The van der Waals surface area contributed by atoms with E-state index in [0.717, 1.165) is 15.8 Å². The molecule has 0 saturated carbocycles. The fraction of sp³-hybridized carbons (Fsp3) is 0.290. The van der Waals surface area contributed by atoms with Crippen molar-refractivity contribution < 1.29 is 29.0 Å². The van der Waals surface area contributed by atoms with Crippen molar-refractivity contribution in [3.8, 4) is 28.6 Å². The molecule has 1 atom stereocenters. The van der Waals surface area contributed by atoms with Gasteiger partial charge in [-0.3, -0.25) is 14.9 Å². The number of nitro groups is 1. The number of hydrogen-bond donors (Lipinski definition) is 1. The molecule has 0 saturated heterocycles. The third-order valence-corrected chi connectivity index (χ3v) is 6.71. The second kappa shape index (κ2) is 12.7. The molecule has 0 spiro atoms. The lowest BCUT2D eigenvalue weighted by Crippen LogP contribution is -2.23. The van der Waals surface area contributed by atoms with E-state index < -0.39 is 28.2 Å². The van der Waals surface area contributed by atoms with Crippen molar-refractivity contribution in [1.29, 1.82) is 0 Å². The highest BCUT2D eigenvalue weighted by Gasteiger charge is 2.26. The number of nitrogens with zero attached hydrogens (tertiary/aromatic N) is 4. The summed E-state index contributed by atoms with van der Waals surface area (Å²) in [6.07, 6.45) is -0.0885. The molecule has 1 N–H and O–H groups in total. The molecule has 12 nitrogen and oxygen atoms in total. The molecule has 0 aliphatic heterocycles. The summed E-state index contributed by atoms with van der Waals surface area (Å²) >= 11 is 0. The molecule has 1 aromatic heterocycles. The summed E-state index contributed by atoms with van der Waals surface area (Å²) in [5.41, 5.74) is 2.13. The van der Waals surface area contributed by atoms with Crippen molar-refractivity contribution in [2.45, 2.75) is 46.6 Å². The molecule has 0 unspecified atom stereocenters. The van der Waals surface area contributed by atoms with Gasteiger partial charge in [-0.1, -0.05) is 26.0 Å². The van der Waals surface area contributed by atoms with Crippen LogP contribution in [0.2, 0.25) is 0 Å². The van der Waals surface area contributed by atoms with Crippen molar-refractivity contribution in [2.24, 2.45) is 5.10 Å². The Hall–Kier alpha value is -5.26. The maximum absolute atomic E-state index is 13.8. The lowest BCUT2D eigenvalue weighted by atomic mass is 9.96. The Morgan fingerprint density at radius 3 is 2.51 bits per heavy atom. The molecule has 12 heteroatoms. The number of benzene rings is 3. The van der Waals surface area contributed by atoms with Crippen LogP contribution in [0.1, 0.15) is 50.3 Å². The first-order valence-electron chi connectivity index (χ1n) is 13.6. The predicted molar refractivity (Wildman–Crippen MR) is 162 cm³/mol. The van der Waals surface area contributed by atoms with E-state index in [1.807, 2.05) is 32.9 Å². The highest BCUT2D eigenvalue weighted by atomic mass is 16.6. The number of aryl methyl sites for hydroxylation is 1. The van der Waals surface area contributed by atoms with Gasteiger partial charge in [0.2, 0.25) is 5.75 Å². The molecule has 4 rings (SSSR count). The van der Waals surface area contributed by atoms with Gasteiger partial charge in [0, 0.05) is 17.2 Å². The number of rotatable bonds is 11. The topological polar surface area (TPSA) is 155 Å². The summed E-state index contributed by atoms with van der Waals surface area (Å²) in [5.74, 6) is -0.559. The van der Waals surface area contributed by atoms with Crippen molar-refractivity contribution in [1.82, 2.24) is 9.66 Å². The molecule has 1 heterocycles. The summed E-state index contributed by atoms with van der Waals surface area (Å²) in [6, 6.07) is 13.3. The molecule has 0 bridgehead atoms. The average Bonchev–Trinajstić information content (AvgIpc) is 2.97. The number of fused-ring (bicyclic) bond motifs is 1. The highest BCUT2D eigenvalue weighted by molar-refractivity contribution is 5.85. The minimum absolute atomic E-state index is 0.0389. The van der Waals surface area contributed by atoms with E-state index in [0.29, 0.717) is 22.2 Å². The largest absolute Gasteiger partial charge is 0.496 e. The Morgan fingerprint density at radius 1 is 1.16 bits per heavy atom. The van der Waals surface area contributed by atoms with Gasteiger partial charge < -0.3 is 19.3 Å². The van der Waals surface area contributed by atoms with E-state index in [-0.39, 0.29) is 35.4 Å². The number of carbonyl (C=O) groups is 1. The number of carboxylic acids is 1. The van der Waals surface area contributed by atoms with Crippen molar-refractivity contribution in [2.75, 3.05) is 13.7 Å². The van der Waals surface area contributed by atoms with Gasteiger partial charge in [-0.15, -0.1) is 0 Å². The van der Waals surface area contributed by atoms with Crippen LogP contribution in [0.25, 0.3) is 22.3 Å². The van der Waals surface area contributed by atoms with Crippen LogP contribution < -0.4 is 19.8 Å². The zero-order chi connectivity index (χ0) is 31.4. The third-order valence-electron chi connectivity index (χ3n) is 6.71. The molecule has 0 amide bonds. The maximum Gasteiger partial charge on any atom is 0.344 e. The minimum Gasteiger partial charge on any atom is -0.496 e. The van der Waals surface area contributed by atoms with Crippen LogP contribution in [0, 0.1) is 17.0 Å². The molecule has 3 aromatic carbocycles. The van der Waals surface area contributed by atoms with E-state index in [9.17, 15) is 24.8 Å². The lowest BCUT2D eigenvalue weighted by molar-refractivity contribution is -0.386.